The summed E-state index contributed by atoms with van der Waals surface area (Å²) in [6.07, 6.45) is 0. The molecule has 0 saturated heterocycles. The van der Waals surface area contributed by atoms with Crippen LogP contribution in [0.5, 0.6) is 0 Å². The number of hydrogen-bond acceptors (Lipinski definition) is 6. The third-order valence-electron chi connectivity index (χ3n) is 20.8. The van der Waals surface area contributed by atoms with E-state index in [1.807, 2.05) is 72.8 Å². The largest absolute Gasteiger partial charge is 0.309 e. The molecule has 15 aromatic carbocycles. The molecular weight excluding hydrogens is 1290 g/mol. The van der Waals surface area contributed by atoms with Gasteiger partial charge in [-0.15, -0.1) is 0 Å². The molecule has 0 aliphatic heterocycles. The quantitative estimate of drug-likeness (QED) is 0.121. The molecule has 0 bridgehead atoms. The van der Waals surface area contributed by atoms with Crippen LogP contribution in [0.1, 0.15) is 0 Å². The summed E-state index contributed by atoms with van der Waals surface area (Å²) in [4.78, 5) is 31.9. The van der Waals surface area contributed by atoms with Crippen LogP contribution in [0.25, 0.3) is 201 Å². The van der Waals surface area contributed by atoms with Crippen molar-refractivity contribution in [1.29, 1.82) is 0 Å². The van der Waals surface area contributed by atoms with E-state index in [1.54, 1.807) is 0 Å². The van der Waals surface area contributed by atoms with Gasteiger partial charge in [0.1, 0.15) is 0 Å². The second-order valence-electron chi connectivity index (χ2n) is 27.0. The lowest BCUT2D eigenvalue weighted by Crippen LogP contribution is -2.02. The number of fused-ring (bicyclic) bond motifs is 14. The van der Waals surface area contributed by atoms with Crippen molar-refractivity contribution in [3.8, 4) is 113 Å². The zero-order valence-corrected chi connectivity index (χ0v) is 57.1. The molecule has 6 aromatic heterocycles. The first-order chi connectivity index (χ1) is 52.6. The minimum Gasteiger partial charge on any atom is -0.309 e. The molecule has 0 radical (unpaired) electrons. The monoisotopic (exact) mass is 1350 g/mol. The molecule has 0 N–H and O–H groups in total. The minimum atomic E-state index is 0.545. The zero-order chi connectivity index (χ0) is 69.8. The van der Waals surface area contributed by atoms with Crippen molar-refractivity contribution in [2.24, 2.45) is 0 Å². The molecule has 0 aliphatic carbocycles. The Morgan fingerprint density at radius 1 is 0.170 bits per heavy atom. The second-order valence-corrected chi connectivity index (χ2v) is 27.0. The summed E-state index contributed by atoms with van der Waals surface area (Å²) in [5.41, 5.74) is 22.1. The van der Waals surface area contributed by atoms with E-state index in [0.29, 0.717) is 34.9 Å². The first-order valence-corrected chi connectivity index (χ1v) is 35.8. The molecule has 0 atom stereocenters. The second kappa shape index (κ2) is 24.7. The molecular formula is C96H60N10. The molecule has 10 heteroatoms. The van der Waals surface area contributed by atoms with Gasteiger partial charge in [-0.1, -0.05) is 261 Å². The van der Waals surface area contributed by atoms with E-state index in [0.717, 1.165) is 144 Å². The molecule has 21 rings (SSSR count). The third kappa shape index (κ3) is 9.88. The van der Waals surface area contributed by atoms with Crippen LogP contribution < -0.4 is 0 Å². The first kappa shape index (κ1) is 60.3. The summed E-state index contributed by atoms with van der Waals surface area (Å²) in [5, 5.41) is 9.37. The van der Waals surface area contributed by atoms with Crippen molar-refractivity contribution >= 4 is 87.2 Å². The summed E-state index contributed by atoms with van der Waals surface area (Å²) in [6, 6.07) is 129. The van der Waals surface area contributed by atoms with E-state index in [9.17, 15) is 0 Å². The maximum absolute atomic E-state index is 5.43. The predicted molar refractivity (Wildman–Crippen MR) is 434 cm³/mol. The fourth-order valence-corrected chi connectivity index (χ4v) is 16.1. The van der Waals surface area contributed by atoms with E-state index in [1.165, 1.54) is 21.5 Å². The predicted octanol–water partition coefficient (Wildman–Crippen LogP) is 23.8. The van der Waals surface area contributed by atoms with E-state index >= 15 is 0 Å². The van der Waals surface area contributed by atoms with E-state index in [2.05, 4.69) is 309 Å². The van der Waals surface area contributed by atoms with E-state index in [-0.39, 0.29) is 0 Å². The van der Waals surface area contributed by atoms with Gasteiger partial charge in [-0.05, 0) is 120 Å². The Labute approximate surface area is 609 Å². The summed E-state index contributed by atoms with van der Waals surface area (Å²) >= 11 is 0. The van der Waals surface area contributed by atoms with Crippen molar-refractivity contribution in [3.05, 3.63) is 364 Å². The van der Waals surface area contributed by atoms with Crippen LogP contribution in [0.15, 0.2) is 364 Å². The Balaban J connectivity index is 0.834. The lowest BCUT2D eigenvalue weighted by Gasteiger charge is -2.18. The smallest absolute Gasteiger partial charge is 0.164 e. The summed E-state index contributed by atoms with van der Waals surface area (Å²) in [7, 11) is 0. The van der Waals surface area contributed by atoms with Crippen molar-refractivity contribution in [1.82, 2.24) is 48.2 Å². The number of benzene rings is 15. The number of hydrogen-bond donors (Lipinski definition) is 0. The molecule has 0 saturated carbocycles. The van der Waals surface area contributed by atoms with E-state index < -0.39 is 0 Å². The lowest BCUT2D eigenvalue weighted by molar-refractivity contribution is 1.07. The Kier molecular flexibility index (Phi) is 14.0. The standard InChI is InChI=1S/C96H60N10/c1-7-28-61(29-8-1)91-97-92(62-30-9-2-10-31-62)100-95(99-91)67-50-53-84(106-83-49-26-22-45-78(83)88-86(106)55-52-76-74-43-20-24-47-81(74)105(90(76)88)71-40-17-6-18-41-71)79(60-67)66-37-27-36-65(56-66)68-57-69(96-101-93(63-32-11-3-12-33-63)98-94(102-96)64-34-13-4-14-35-64)59-72(58-68)103-82-48-25-21-44-77(82)87-85(103)54-51-75-73-42-19-23-46-80(73)104(89(75)87)70-38-15-5-16-39-70/h1-60H. The molecule has 106 heavy (non-hydrogen) atoms. The summed E-state index contributed by atoms with van der Waals surface area (Å²) < 4.78 is 9.79. The number of para-hydroxylation sites is 6. The molecule has 0 spiro atoms. The average molecular weight is 1350 g/mol. The lowest BCUT2D eigenvalue weighted by atomic mass is 9.95. The van der Waals surface area contributed by atoms with Gasteiger partial charge in [-0.25, -0.2) is 29.9 Å². The Hall–Kier alpha value is -14.5. The van der Waals surface area contributed by atoms with E-state index in [4.69, 9.17) is 29.9 Å². The molecule has 0 unspecified atom stereocenters. The Morgan fingerprint density at radius 2 is 0.509 bits per heavy atom. The molecule has 0 amide bonds. The molecule has 21 aromatic rings. The summed E-state index contributed by atoms with van der Waals surface area (Å²) in [6.45, 7) is 0. The van der Waals surface area contributed by atoms with Gasteiger partial charge in [0, 0.05) is 99.1 Å². The minimum absolute atomic E-state index is 0.545. The fourth-order valence-electron chi connectivity index (χ4n) is 16.1. The van der Waals surface area contributed by atoms with Gasteiger partial charge in [0.15, 0.2) is 34.9 Å². The third-order valence-corrected chi connectivity index (χ3v) is 20.8. The Bertz CT molecular complexity index is 6930. The average Bonchev–Trinajstić information content (AvgIpc) is 1.55. The van der Waals surface area contributed by atoms with Crippen molar-refractivity contribution < 1.29 is 0 Å². The van der Waals surface area contributed by atoms with Gasteiger partial charge in [-0.2, -0.15) is 0 Å². The van der Waals surface area contributed by atoms with Gasteiger partial charge in [0.2, 0.25) is 0 Å². The molecule has 0 aliphatic rings. The van der Waals surface area contributed by atoms with Gasteiger partial charge in [0.05, 0.1) is 49.8 Å². The van der Waals surface area contributed by atoms with Crippen molar-refractivity contribution in [3.63, 3.8) is 0 Å². The van der Waals surface area contributed by atoms with Crippen LogP contribution in [0.2, 0.25) is 0 Å². The highest BCUT2D eigenvalue weighted by atomic mass is 15.1. The maximum atomic E-state index is 5.43. The molecule has 10 nitrogen and oxygen atoms in total. The highest BCUT2D eigenvalue weighted by molar-refractivity contribution is 6.28. The number of aromatic nitrogens is 10. The van der Waals surface area contributed by atoms with Crippen LogP contribution >= 0.6 is 0 Å². The molecule has 494 valence electrons. The number of nitrogens with zero attached hydrogens (tertiary/aromatic N) is 10. The highest BCUT2D eigenvalue weighted by Gasteiger charge is 2.27. The van der Waals surface area contributed by atoms with Crippen LogP contribution in [0.4, 0.5) is 0 Å². The van der Waals surface area contributed by atoms with Gasteiger partial charge >= 0.3 is 0 Å². The van der Waals surface area contributed by atoms with Crippen LogP contribution in [0.3, 0.4) is 0 Å². The van der Waals surface area contributed by atoms with Gasteiger partial charge in [-0.3, -0.25) is 0 Å². The molecule has 6 heterocycles. The van der Waals surface area contributed by atoms with Crippen molar-refractivity contribution in [2.45, 2.75) is 0 Å². The van der Waals surface area contributed by atoms with Crippen LogP contribution in [-0.4, -0.2) is 48.2 Å². The van der Waals surface area contributed by atoms with Gasteiger partial charge in [0.25, 0.3) is 0 Å². The normalized spacial score (nSPS) is 11.8. The highest BCUT2D eigenvalue weighted by Crippen LogP contribution is 2.47. The first-order valence-electron chi connectivity index (χ1n) is 35.8. The zero-order valence-electron chi connectivity index (χ0n) is 57.1. The topological polar surface area (TPSA) is 97.1 Å². The molecule has 0 fully saturated rings. The van der Waals surface area contributed by atoms with Crippen LogP contribution in [-0.2, 0) is 0 Å². The van der Waals surface area contributed by atoms with Crippen LogP contribution in [0, 0.1) is 0 Å². The fraction of sp³-hybridized carbons (Fsp3) is 0. The van der Waals surface area contributed by atoms with Gasteiger partial charge < -0.3 is 18.3 Å². The SMILES string of the molecule is c1ccc(-c2nc(-c3ccccc3)nc(-c3cc(-c4cccc(-c5cc(-c6nc(-c7ccccc7)nc(-c7ccccc7)n6)ccc5-n5c6ccccc6c6c5ccc5c7ccccc7n(-c7ccccc7)c56)c4)cc(-n4c5ccccc5c5c4ccc4c6ccccc6n(-c6ccccc6)c45)c3)n2)cc1. The maximum Gasteiger partial charge on any atom is 0.164 e. The Morgan fingerprint density at radius 3 is 0.972 bits per heavy atom. The summed E-state index contributed by atoms with van der Waals surface area (Å²) in [5.74, 6) is 3.43. The van der Waals surface area contributed by atoms with Crippen molar-refractivity contribution in [2.75, 3.05) is 0 Å². The number of rotatable bonds is 12.